The van der Waals surface area contributed by atoms with E-state index in [4.69, 9.17) is 9.26 Å². The molecule has 2 aliphatic heterocycles. The molecule has 4 aromatic rings. The van der Waals surface area contributed by atoms with Crippen LogP contribution in [0, 0.1) is 0 Å². The number of thiophene rings is 1. The molecule has 1 amide bonds. The van der Waals surface area contributed by atoms with E-state index >= 15 is 0 Å². The predicted octanol–water partition coefficient (Wildman–Crippen LogP) is 4.53. The van der Waals surface area contributed by atoms with Crippen LogP contribution in [0.2, 0.25) is 0 Å². The van der Waals surface area contributed by atoms with Crippen molar-refractivity contribution in [3.05, 3.63) is 52.0 Å². The second-order valence-corrected chi connectivity index (χ2v) is 12.3. The molecule has 10 nitrogen and oxygen atoms in total. The Balaban J connectivity index is 1.18. The number of ether oxygens (including phenoxy) is 1. The number of rotatable bonds is 9. The van der Waals surface area contributed by atoms with Crippen molar-refractivity contribution >= 4 is 33.8 Å². The van der Waals surface area contributed by atoms with Gasteiger partial charge in [-0.25, -0.2) is 4.39 Å². The number of nitrogens with zero attached hydrogens (tertiary/aromatic N) is 5. The fourth-order valence-electron chi connectivity index (χ4n) is 5.60. The number of benzene rings is 1. The van der Waals surface area contributed by atoms with Crippen molar-refractivity contribution in [1.82, 2.24) is 29.8 Å². The van der Waals surface area contributed by atoms with Crippen LogP contribution in [-0.4, -0.2) is 95.2 Å². The molecule has 44 heavy (non-hydrogen) atoms. The average molecular weight is 636 g/mol. The Kier molecular flexibility index (Phi) is 8.89. The molecule has 0 unspecified atom stereocenters. The van der Waals surface area contributed by atoms with E-state index in [9.17, 15) is 22.4 Å². The van der Waals surface area contributed by atoms with E-state index in [2.05, 4.69) is 25.7 Å². The number of anilines is 1. The number of carbonyl (C=O) groups excluding carboxylic acids is 1. The third-order valence-electron chi connectivity index (χ3n) is 7.83. The van der Waals surface area contributed by atoms with Crippen LogP contribution in [0.25, 0.3) is 22.4 Å². The van der Waals surface area contributed by atoms with Gasteiger partial charge in [-0.2, -0.15) is 18.2 Å². The fraction of sp³-hybridized carbons (Fsp3) is 0.483. The number of hydrogen-bond donors (Lipinski definition) is 2. The summed E-state index contributed by atoms with van der Waals surface area (Å²) >= 11 is 1.39. The molecule has 6 rings (SSSR count). The lowest BCUT2D eigenvalue weighted by Gasteiger charge is -2.33. The van der Waals surface area contributed by atoms with Crippen molar-refractivity contribution in [2.24, 2.45) is 0 Å². The zero-order chi connectivity index (χ0) is 30.8. The number of fused-ring (bicyclic) bond motifs is 1. The lowest BCUT2D eigenvalue weighted by molar-refractivity contribution is -0.139. The van der Waals surface area contributed by atoms with Crippen molar-refractivity contribution in [2.75, 3.05) is 51.8 Å². The smallest absolute Gasteiger partial charge is 0.379 e. The monoisotopic (exact) mass is 635 g/mol. The molecule has 2 saturated heterocycles. The SMILES string of the molecule is CN1CC[C@@H](Nc2cccc3c2cc(-c2noc(CNC(=O)c4ccc(CN5CCOCC5)s4)n2)n3CC(F)(F)F)[C@@H](F)C1. The number of morpholine rings is 1. The van der Waals surface area contributed by atoms with E-state index in [0.29, 0.717) is 47.6 Å². The Hall–Kier alpha value is -3.53. The minimum atomic E-state index is -4.52. The Morgan fingerprint density at radius 2 is 1.98 bits per heavy atom. The van der Waals surface area contributed by atoms with Gasteiger partial charge in [-0.05, 0) is 43.8 Å². The van der Waals surface area contributed by atoms with Crippen LogP contribution in [0.4, 0.5) is 23.2 Å². The molecule has 0 radical (unpaired) electrons. The molecule has 0 spiro atoms. The minimum Gasteiger partial charge on any atom is -0.379 e. The number of amides is 1. The first-order valence-corrected chi connectivity index (χ1v) is 15.2. The van der Waals surface area contributed by atoms with Gasteiger partial charge in [0.1, 0.15) is 12.7 Å². The normalized spacial score (nSPS) is 20.3. The third-order valence-corrected chi connectivity index (χ3v) is 8.90. The second-order valence-electron chi connectivity index (χ2n) is 11.1. The number of nitrogens with one attached hydrogen (secondary N) is 2. The van der Waals surface area contributed by atoms with Gasteiger partial charge in [0.05, 0.1) is 41.9 Å². The Morgan fingerprint density at radius 1 is 1.16 bits per heavy atom. The zero-order valence-corrected chi connectivity index (χ0v) is 24.9. The first kappa shape index (κ1) is 30.5. The molecule has 0 bridgehead atoms. The number of aromatic nitrogens is 3. The maximum Gasteiger partial charge on any atom is 0.406 e. The molecule has 0 aliphatic carbocycles. The van der Waals surface area contributed by atoms with Crippen molar-refractivity contribution in [3.63, 3.8) is 0 Å². The summed E-state index contributed by atoms with van der Waals surface area (Å²) in [5.41, 5.74) is 0.928. The van der Waals surface area contributed by atoms with Crippen molar-refractivity contribution in [1.29, 1.82) is 0 Å². The first-order chi connectivity index (χ1) is 21.1. The van der Waals surface area contributed by atoms with Gasteiger partial charge < -0.3 is 29.4 Å². The van der Waals surface area contributed by atoms with Crippen molar-refractivity contribution in [3.8, 4) is 11.5 Å². The molecule has 3 aromatic heterocycles. The van der Waals surface area contributed by atoms with Gasteiger partial charge in [-0.3, -0.25) is 9.69 Å². The Labute approximate surface area is 254 Å². The maximum atomic E-state index is 14.8. The molecule has 2 N–H and O–H groups in total. The van der Waals surface area contributed by atoms with Crippen LogP contribution in [0.5, 0.6) is 0 Å². The van der Waals surface area contributed by atoms with Gasteiger partial charge in [0.25, 0.3) is 5.91 Å². The van der Waals surface area contributed by atoms with E-state index in [-0.39, 0.29) is 36.4 Å². The standard InChI is InChI=1S/C29H33F4N7O3S/c1-38-8-7-22(20(30)16-38)35-21-3-2-4-23-19(21)13-24(40(23)17-29(31,32)33)27-36-26(43-37-27)14-34-28(41)25-6-5-18(44-25)15-39-9-11-42-12-10-39/h2-6,13,20,22,35H,7-12,14-17H2,1H3,(H,34,41)/t20-,22+/m0/s1. The summed E-state index contributed by atoms with van der Waals surface area (Å²) in [6.07, 6.45) is -5.09. The number of carbonyl (C=O) groups is 1. The molecular formula is C29H33F4N7O3S. The summed E-state index contributed by atoms with van der Waals surface area (Å²) < 4.78 is 67.6. The zero-order valence-electron chi connectivity index (χ0n) is 24.1. The topological polar surface area (TPSA) is 101 Å². The average Bonchev–Trinajstić information content (AvgIpc) is 3.73. The van der Waals surface area contributed by atoms with E-state index in [0.717, 1.165) is 29.1 Å². The minimum absolute atomic E-state index is 0.0483. The number of piperidine rings is 1. The lowest BCUT2D eigenvalue weighted by atomic mass is 10.0. The number of alkyl halides is 4. The number of halogens is 4. The largest absolute Gasteiger partial charge is 0.406 e. The maximum absolute atomic E-state index is 14.8. The molecule has 2 aliphatic rings. The van der Waals surface area contributed by atoms with Crippen LogP contribution in [0.15, 0.2) is 40.9 Å². The molecule has 1 aromatic carbocycles. The van der Waals surface area contributed by atoms with Gasteiger partial charge >= 0.3 is 6.18 Å². The summed E-state index contributed by atoms with van der Waals surface area (Å²) in [6, 6.07) is 9.70. The quantitative estimate of drug-likeness (QED) is 0.259. The van der Waals surface area contributed by atoms with Crippen molar-refractivity contribution < 1.29 is 31.6 Å². The molecule has 15 heteroatoms. The molecule has 236 valence electrons. The molecule has 0 saturated carbocycles. The Morgan fingerprint density at radius 3 is 2.75 bits per heavy atom. The van der Waals surface area contributed by atoms with Gasteiger partial charge in [-0.15, -0.1) is 11.3 Å². The highest BCUT2D eigenvalue weighted by Crippen LogP contribution is 2.35. The Bertz CT molecular complexity index is 1600. The molecule has 2 atom stereocenters. The summed E-state index contributed by atoms with van der Waals surface area (Å²) in [4.78, 5) is 22.8. The molecule has 5 heterocycles. The van der Waals surface area contributed by atoms with Crippen molar-refractivity contribution in [2.45, 2.75) is 44.4 Å². The highest BCUT2D eigenvalue weighted by atomic mass is 32.1. The van der Waals surface area contributed by atoms with Crippen LogP contribution < -0.4 is 10.6 Å². The van der Waals surface area contributed by atoms with Crippen LogP contribution in [-0.2, 0) is 24.4 Å². The predicted molar refractivity (Wildman–Crippen MR) is 157 cm³/mol. The summed E-state index contributed by atoms with van der Waals surface area (Å²) in [7, 11) is 1.85. The fourth-order valence-corrected chi connectivity index (χ4v) is 6.57. The molecule has 2 fully saturated rings. The summed E-state index contributed by atoms with van der Waals surface area (Å²) in [5, 5.41) is 10.4. The first-order valence-electron chi connectivity index (χ1n) is 14.4. The van der Waals surface area contributed by atoms with Crippen LogP contribution in [0.1, 0.15) is 26.9 Å². The number of hydrogen-bond acceptors (Lipinski definition) is 9. The number of likely N-dealkylation sites (tertiary alicyclic amines) is 1. The van der Waals surface area contributed by atoms with Crippen LogP contribution in [0.3, 0.4) is 0 Å². The summed E-state index contributed by atoms with van der Waals surface area (Å²) in [6.45, 7) is 3.42. The van der Waals surface area contributed by atoms with Gasteiger partial charge in [-0.1, -0.05) is 11.2 Å². The molecular weight excluding hydrogens is 602 g/mol. The highest BCUT2D eigenvalue weighted by Gasteiger charge is 2.32. The van der Waals surface area contributed by atoms with Crippen LogP contribution >= 0.6 is 11.3 Å². The van der Waals surface area contributed by atoms with E-state index in [1.807, 2.05) is 18.0 Å². The van der Waals surface area contributed by atoms with Gasteiger partial charge in [0.2, 0.25) is 11.7 Å². The highest BCUT2D eigenvalue weighted by molar-refractivity contribution is 7.14. The van der Waals surface area contributed by atoms with Gasteiger partial charge in [0.15, 0.2) is 0 Å². The summed E-state index contributed by atoms with van der Waals surface area (Å²) in [5.74, 6) is -0.315. The van der Waals surface area contributed by atoms with E-state index < -0.39 is 24.9 Å². The third kappa shape index (κ3) is 7.06. The second kappa shape index (κ2) is 12.8. The van der Waals surface area contributed by atoms with E-state index in [1.54, 1.807) is 30.3 Å². The van der Waals surface area contributed by atoms with E-state index in [1.165, 1.54) is 11.3 Å². The van der Waals surface area contributed by atoms with Gasteiger partial charge in [0, 0.05) is 48.7 Å². The lowest BCUT2D eigenvalue weighted by Crippen LogP contribution is -2.46.